The minimum Gasteiger partial charge on any atom is -0.380 e. The van der Waals surface area contributed by atoms with Crippen LogP contribution in [0.25, 0.3) is 0 Å². The minimum absolute atomic E-state index is 0.214. The first-order valence-corrected chi connectivity index (χ1v) is 5.29. The van der Waals surface area contributed by atoms with Gasteiger partial charge in [0, 0.05) is 25.7 Å². The molecule has 1 unspecified atom stereocenters. The van der Waals surface area contributed by atoms with Gasteiger partial charge in [0.05, 0.1) is 11.6 Å². The van der Waals surface area contributed by atoms with Gasteiger partial charge in [0.15, 0.2) is 0 Å². The number of benzene rings is 1. The molecular weight excluding hydrogens is 196 g/mol. The van der Waals surface area contributed by atoms with Gasteiger partial charge in [0.1, 0.15) is 0 Å². The van der Waals surface area contributed by atoms with Gasteiger partial charge in [0.25, 0.3) is 0 Å². The Morgan fingerprint density at radius 2 is 2.00 bits per heavy atom. The first-order chi connectivity index (χ1) is 7.74. The topological polar surface area (TPSA) is 27.0 Å². The summed E-state index contributed by atoms with van der Waals surface area (Å²) in [6.45, 7) is 0. The van der Waals surface area contributed by atoms with E-state index >= 15 is 0 Å². The lowest BCUT2D eigenvalue weighted by atomic mass is 9.93. The molecule has 80 valence electrons. The lowest BCUT2D eigenvalue weighted by molar-refractivity contribution is 0.487. The molecule has 16 heavy (non-hydrogen) atoms. The zero-order chi connectivity index (χ0) is 11.5. The molecule has 0 aliphatic heterocycles. The Labute approximate surface area is 96.1 Å². The predicted molar refractivity (Wildman–Crippen MR) is 64.8 cm³/mol. The summed E-state index contributed by atoms with van der Waals surface area (Å²) >= 11 is 0. The fourth-order valence-electron chi connectivity index (χ4n) is 2.03. The van der Waals surface area contributed by atoms with Crippen LogP contribution in [-0.2, 0) is 0 Å². The molecule has 2 nitrogen and oxygen atoms in total. The average Bonchev–Trinajstić information content (AvgIpc) is 2.77. The molecule has 0 heterocycles. The number of allylic oxidation sites excluding steroid dienone is 3. The second-order valence-electron chi connectivity index (χ2n) is 4.05. The summed E-state index contributed by atoms with van der Waals surface area (Å²) in [5, 5.41) is 9.10. The summed E-state index contributed by atoms with van der Waals surface area (Å²) in [6.07, 6.45) is 6.28. The Morgan fingerprint density at radius 3 is 2.69 bits per heavy atom. The normalized spacial score (nSPS) is 18.1. The van der Waals surface area contributed by atoms with E-state index < -0.39 is 0 Å². The van der Waals surface area contributed by atoms with Crippen LogP contribution in [0.2, 0.25) is 0 Å². The lowest BCUT2D eigenvalue weighted by Crippen LogP contribution is -2.15. The molecule has 1 aliphatic rings. The second kappa shape index (κ2) is 4.24. The SMILES string of the molecule is CN(C)C1=CC=CC1c1ccccc1C#N. The Bertz CT molecular complexity index is 490. The maximum absolute atomic E-state index is 9.10. The quantitative estimate of drug-likeness (QED) is 0.750. The molecule has 0 fully saturated rings. The second-order valence-corrected chi connectivity index (χ2v) is 4.05. The van der Waals surface area contributed by atoms with Gasteiger partial charge >= 0.3 is 0 Å². The van der Waals surface area contributed by atoms with Crippen molar-refractivity contribution >= 4 is 0 Å². The number of rotatable bonds is 2. The molecule has 0 amide bonds. The van der Waals surface area contributed by atoms with Gasteiger partial charge in [-0.15, -0.1) is 0 Å². The van der Waals surface area contributed by atoms with E-state index in [9.17, 15) is 0 Å². The summed E-state index contributed by atoms with van der Waals surface area (Å²) in [4.78, 5) is 2.10. The van der Waals surface area contributed by atoms with Gasteiger partial charge in [-0.3, -0.25) is 0 Å². The fourth-order valence-corrected chi connectivity index (χ4v) is 2.03. The van der Waals surface area contributed by atoms with Gasteiger partial charge in [-0.05, 0) is 17.7 Å². The number of hydrogen-bond acceptors (Lipinski definition) is 2. The zero-order valence-electron chi connectivity index (χ0n) is 9.51. The van der Waals surface area contributed by atoms with Crippen molar-refractivity contribution in [3.63, 3.8) is 0 Å². The van der Waals surface area contributed by atoms with Crippen molar-refractivity contribution in [3.8, 4) is 6.07 Å². The Hall–Kier alpha value is -2.01. The molecule has 1 aliphatic carbocycles. The van der Waals surface area contributed by atoms with E-state index in [4.69, 9.17) is 5.26 Å². The molecule has 0 bridgehead atoms. The summed E-state index contributed by atoms with van der Waals surface area (Å²) < 4.78 is 0. The van der Waals surface area contributed by atoms with Crippen LogP contribution >= 0.6 is 0 Å². The van der Waals surface area contributed by atoms with Crippen molar-refractivity contribution in [1.29, 1.82) is 5.26 Å². The molecule has 0 saturated carbocycles. The van der Waals surface area contributed by atoms with Crippen LogP contribution in [0.15, 0.2) is 48.2 Å². The Morgan fingerprint density at radius 1 is 1.25 bits per heavy atom. The third-order valence-corrected chi connectivity index (χ3v) is 2.82. The minimum atomic E-state index is 0.214. The smallest absolute Gasteiger partial charge is 0.0994 e. The molecular formula is C14H14N2. The number of likely N-dealkylation sites (N-methyl/N-ethyl adjacent to an activating group) is 1. The van der Waals surface area contributed by atoms with Gasteiger partial charge in [0.2, 0.25) is 0 Å². The molecule has 1 aromatic carbocycles. The summed E-state index contributed by atoms with van der Waals surface area (Å²) in [6, 6.07) is 10.0. The van der Waals surface area contributed by atoms with E-state index in [1.807, 2.05) is 44.4 Å². The molecule has 2 rings (SSSR count). The third kappa shape index (κ3) is 1.72. The molecule has 2 heteroatoms. The summed E-state index contributed by atoms with van der Waals surface area (Å²) in [5.74, 6) is 0.214. The average molecular weight is 210 g/mol. The van der Waals surface area contributed by atoms with Crippen molar-refractivity contribution in [1.82, 2.24) is 4.90 Å². The Kier molecular flexibility index (Phi) is 2.78. The first kappa shape index (κ1) is 10.5. The van der Waals surface area contributed by atoms with Crippen LogP contribution in [0.5, 0.6) is 0 Å². The van der Waals surface area contributed by atoms with Crippen LogP contribution in [0, 0.1) is 11.3 Å². The van der Waals surface area contributed by atoms with E-state index in [0.29, 0.717) is 0 Å². The Balaban J connectivity index is 2.43. The highest BCUT2D eigenvalue weighted by molar-refractivity contribution is 5.48. The van der Waals surface area contributed by atoms with E-state index in [0.717, 1.165) is 11.1 Å². The van der Waals surface area contributed by atoms with Crippen molar-refractivity contribution in [2.75, 3.05) is 14.1 Å². The number of nitrogens with zero attached hydrogens (tertiary/aromatic N) is 2. The molecule has 0 aromatic heterocycles. The van der Waals surface area contributed by atoms with Crippen molar-refractivity contribution in [3.05, 3.63) is 59.3 Å². The van der Waals surface area contributed by atoms with Crippen LogP contribution in [0.3, 0.4) is 0 Å². The molecule has 0 radical (unpaired) electrons. The van der Waals surface area contributed by atoms with Gasteiger partial charge in [-0.2, -0.15) is 5.26 Å². The highest BCUT2D eigenvalue weighted by Crippen LogP contribution is 2.32. The van der Waals surface area contributed by atoms with Crippen molar-refractivity contribution < 1.29 is 0 Å². The molecule has 0 N–H and O–H groups in total. The van der Waals surface area contributed by atoms with Crippen LogP contribution in [0.1, 0.15) is 17.0 Å². The lowest BCUT2D eigenvalue weighted by Gasteiger charge is -2.22. The summed E-state index contributed by atoms with van der Waals surface area (Å²) in [5.41, 5.74) is 3.06. The van der Waals surface area contributed by atoms with E-state index in [-0.39, 0.29) is 5.92 Å². The van der Waals surface area contributed by atoms with E-state index in [1.165, 1.54) is 5.70 Å². The van der Waals surface area contributed by atoms with Crippen LogP contribution < -0.4 is 0 Å². The zero-order valence-corrected chi connectivity index (χ0v) is 9.51. The largest absolute Gasteiger partial charge is 0.380 e. The van der Waals surface area contributed by atoms with Gasteiger partial charge in [-0.1, -0.05) is 30.4 Å². The third-order valence-electron chi connectivity index (χ3n) is 2.82. The van der Waals surface area contributed by atoms with E-state index in [2.05, 4.69) is 23.1 Å². The first-order valence-electron chi connectivity index (χ1n) is 5.29. The molecule has 0 spiro atoms. The molecule has 1 atom stereocenters. The summed E-state index contributed by atoms with van der Waals surface area (Å²) in [7, 11) is 4.06. The number of hydrogen-bond donors (Lipinski definition) is 0. The highest BCUT2D eigenvalue weighted by atomic mass is 15.1. The standard InChI is InChI=1S/C14H14N2/c1-16(2)14-9-5-8-13(14)12-7-4-3-6-11(12)10-15/h3-9,13H,1-2H3. The van der Waals surface area contributed by atoms with Crippen LogP contribution in [0.4, 0.5) is 0 Å². The van der Waals surface area contributed by atoms with Crippen molar-refractivity contribution in [2.45, 2.75) is 5.92 Å². The van der Waals surface area contributed by atoms with Gasteiger partial charge in [-0.25, -0.2) is 0 Å². The molecule has 0 saturated heterocycles. The predicted octanol–water partition coefficient (Wildman–Crippen LogP) is 2.66. The highest BCUT2D eigenvalue weighted by Gasteiger charge is 2.20. The monoisotopic (exact) mass is 210 g/mol. The van der Waals surface area contributed by atoms with Crippen LogP contribution in [-0.4, -0.2) is 19.0 Å². The van der Waals surface area contributed by atoms with Gasteiger partial charge < -0.3 is 4.90 Å². The van der Waals surface area contributed by atoms with E-state index in [1.54, 1.807) is 0 Å². The van der Waals surface area contributed by atoms with Crippen molar-refractivity contribution in [2.24, 2.45) is 0 Å². The number of nitriles is 1. The molecule has 1 aromatic rings. The fraction of sp³-hybridized carbons (Fsp3) is 0.214. The maximum atomic E-state index is 9.10. The maximum Gasteiger partial charge on any atom is 0.0994 e.